The molecule has 0 spiro atoms. The molecule has 0 heterocycles. The zero-order valence-corrected chi connectivity index (χ0v) is 11.1. The minimum Gasteiger partial charge on any atom is -0.460 e. The van der Waals surface area contributed by atoms with Crippen molar-refractivity contribution in [3.8, 4) is 0 Å². The molecule has 3 nitrogen and oxygen atoms in total. The van der Waals surface area contributed by atoms with Crippen LogP contribution < -0.4 is 0 Å². The van der Waals surface area contributed by atoms with Gasteiger partial charge in [0.1, 0.15) is 6.10 Å². The number of carbonyl (C=O) groups is 1. The molecule has 0 aromatic carbocycles. The molecule has 94 valence electrons. The fraction of sp³-hybridized carbons (Fsp3) is 0.917. The molecule has 4 heteroatoms. The summed E-state index contributed by atoms with van der Waals surface area (Å²) < 4.78 is 10.8. The smallest absolute Gasteiger partial charge is 0.306 e. The Bertz CT molecular complexity index is 208. The normalized spacial score (nSPS) is 25.4. The average Bonchev–Trinajstić information content (AvgIpc) is 2.30. The topological polar surface area (TPSA) is 35.5 Å². The van der Waals surface area contributed by atoms with Gasteiger partial charge in [0, 0.05) is 12.9 Å². The van der Waals surface area contributed by atoms with E-state index in [9.17, 15) is 4.79 Å². The van der Waals surface area contributed by atoms with E-state index in [1.165, 1.54) is 6.42 Å². The lowest BCUT2D eigenvalue weighted by molar-refractivity contribution is -0.158. The monoisotopic (exact) mass is 246 g/mol. The SMILES string of the molecule is CCSCCC(=O)OC1CCCCC1OC. The fourth-order valence-corrected chi connectivity index (χ4v) is 2.59. The Kier molecular flexibility index (Phi) is 6.88. The molecule has 1 aliphatic carbocycles. The van der Waals surface area contributed by atoms with E-state index in [0.29, 0.717) is 6.42 Å². The summed E-state index contributed by atoms with van der Waals surface area (Å²) >= 11 is 1.77. The summed E-state index contributed by atoms with van der Waals surface area (Å²) in [7, 11) is 1.70. The van der Waals surface area contributed by atoms with Crippen LogP contribution in [-0.2, 0) is 14.3 Å². The van der Waals surface area contributed by atoms with Crippen LogP contribution in [0.3, 0.4) is 0 Å². The maximum atomic E-state index is 11.6. The Morgan fingerprint density at radius 1 is 1.31 bits per heavy atom. The molecule has 0 radical (unpaired) electrons. The number of thioether (sulfide) groups is 1. The van der Waals surface area contributed by atoms with E-state index in [1.54, 1.807) is 18.9 Å². The van der Waals surface area contributed by atoms with Gasteiger partial charge < -0.3 is 9.47 Å². The van der Waals surface area contributed by atoms with Gasteiger partial charge in [-0.1, -0.05) is 13.3 Å². The van der Waals surface area contributed by atoms with Gasteiger partial charge in [0.2, 0.25) is 0 Å². The molecular weight excluding hydrogens is 224 g/mol. The van der Waals surface area contributed by atoms with Crippen molar-refractivity contribution in [1.29, 1.82) is 0 Å². The molecule has 0 aliphatic heterocycles. The summed E-state index contributed by atoms with van der Waals surface area (Å²) in [6.45, 7) is 2.10. The first-order valence-electron chi connectivity index (χ1n) is 6.08. The van der Waals surface area contributed by atoms with Crippen molar-refractivity contribution in [3.63, 3.8) is 0 Å². The van der Waals surface area contributed by atoms with Gasteiger partial charge in [-0.3, -0.25) is 4.79 Å². The summed E-state index contributed by atoms with van der Waals surface area (Å²) in [5, 5.41) is 0. The summed E-state index contributed by atoms with van der Waals surface area (Å²) in [5.74, 6) is 1.84. The molecule has 16 heavy (non-hydrogen) atoms. The second kappa shape index (κ2) is 7.96. The lowest BCUT2D eigenvalue weighted by Gasteiger charge is -2.29. The quantitative estimate of drug-likeness (QED) is 0.533. The van der Waals surface area contributed by atoms with E-state index in [1.807, 2.05) is 0 Å². The highest BCUT2D eigenvalue weighted by molar-refractivity contribution is 7.99. The number of hydrogen-bond acceptors (Lipinski definition) is 4. The van der Waals surface area contributed by atoms with Crippen molar-refractivity contribution in [3.05, 3.63) is 0 Å². The van der Waals surface area contributed by atoms with E-state index in [4.69, 9.17) is 9.47 Å². The van der Waals surface area contributed by atoms with E-state index in [-0.39, 0.29) is 18.2 Å². The van der Waals surface area contributed by atoms with Gasteiger partial charge in [0.25, 0.3) is 0 Å². The molecule has 1 aliphatic rings. The first-order valence-corrected chi connectivity index (χ1v) is 7.23. The largest absolute Gasteiger partial charge is 0.460 e. The summed E-state index contributed by atoms with van der Waals surface area (Å²) in [6.07, 6.45) is 4.89. The Balaban J connectivity index is 2.25. The van der Waals surface area contributed by atoms with E-state index < -0.39 is 0 Å². The first kappa shape index (κ1) is 13.8. The lowest BCUT2D eigenvalue weighted by atomic mass is 9.94. The Hall–Kier alpha value is -0.220. The van der Waals surface area contributed by atoms with Gasteiger partial charge in [0.05, 0.1) is 12.5 Å². The summed E-state index contributed by atoms with van der Waals surface area (Å²) in [5.41, 5.74) is 0. The maximum absolute atomic E-state index is 11.6. The van der Waals surface area contributed by atoms with Gasteiger partial charge >= 0.3 is 5.97 Å². The lowest BCUT2D eigenvalue weighted by Crippen LogP contribution is -2.35. The first-order chi connectivity index (χ1) is 7.77. The third kappa shape index (κ3) is 4.74. The fourth-order valence-electron chi connectivity index (χ4n) is 1.99. The molecule has 1 saturated carbocycles. The van der Waals surface area contributed by atoms with E-state index >= 15 is 0 Å². The van der Waals surface area contributed by atoms with Crippen LogP contribution in [0.15, 0.2) is 0 Å². The van der Waals surface area contributed by atoms with Crippen molar-refractivity contribution in [1.82, 2.24) is 0 Å². The minimum atomic E-state index is -0.0742. The predicted octanol–water partition coefficient (Wildman–Crippen LogP) is 2.63. The molecule has 1 fully saturated rings. The molecule has 2 unspecified atom stereocenters. The third-order valence-corrected chi connectivity index (χ3v) is 3.78. The van der Waals surface area contributed by atoms with Crippen LogP contribution in [-0.4, -0.2) is 36.8 Å². The molecular formula is C12H22O3S. The summed E-state index contributed by atoms with van der Waals surface area (Å²) in [4.78, 5) is 11.6. The van der Waals surface area contributed by atoms with Gasteiger partial charge in [-0.2, -0.15) is 11.8 Å². The number of rotatable bonds is 6. The molecule has 2 atom stereocenters. The highest BCUT2D eigenvalue weighted by Gasteiger charge is 2.27. The van der Waals surface area contributed by atoms with Crippen LogP contribution in [0, 0.1) is 0 Å². The zero-order chi connectivity index (χ0) is 11.8. The second-order valence-electron chi connectivity index (χ2n) is 4.03. The number of methoxy groups -OCH3 is 1. The van der Waals surface area contributed by atoms with Gasteiger partial charge in [0.15, 0.2) is 0 Å². The van der Waals surface area contributed by atoms with Gasteiger partial charge in [-0.25, -0.2) is 0 Å². The number of ether oxygens (including phenoxy) is 2. The van der Waals surface area contributed by atoms with Crippen molar-refractivity contribution >= 4 is 17.7 Å². The minimum absolute atomic E-state index is 0.0159. The number of hydrogen-bond donors (Lipinski definition) is 0. The van der Waals surface area contributed by atoms with Crippen molar-refractivity contribution in [2.24, 2.45) is 0 Å². The highest BCUT2D eigenvalue weighted by Crippen LogP contribution is 2.23. The molecule has 0 aromatic rings. The molecule has 0 bridgehead atoms. The summed E-state index contributed by atoms with van der Waals surface area (Å²) in [6, 6.07) is 0. The maximum Gasteiger partial charge on any atom is 0.306 e. The third-order valence-electron chi connectivity index (χ3n) is 2.88. The highest BCUT2D eigenvalue weighted by atomic mass is 32.2. The van der Waals surface area contributed by atoms with Crippen molar-refractivity contribution in [2.75, 3.05) is 18.6 Å². The van der Waals surface area contributed by atoms with E-state index in [0.717, 1.165) is 30.8 Å². The van der Waals surface area contributed by atoms with Gasteiger partial charge in [-0.05, 0) is 25.0 Å². The second-order valence-corrected chi connectivity index (χ2v) is 5.43. The predicted molar refractivity (Wildman–Crippen MR) is 66.8 cm³/mol. The Labute approximate surface area is 102 Å². The molecule has 0 amide bonds. The van der Waals surface area contributed by atoms with Crippen molar-refractivity contribution < 1.29 is 14.3 Å². The van der Waals surface area contributed by atoms with Crippen LogP contribution in [0.2, 0.25) is 0 Å². The Morgan fingerprint density at radius 3 is 2.62 bits per heavy atom. The van der Waals surface area contributed by atoms with Crippen molar-refractivity contribution in [2.45, 2.75) is 51.2 Å². The molecule has 1 rings (SSSR count). The van der Waals surface area contributed by atoms with Crippen LogP contribution in [0.25, 0.3) is 0 Å². The standard InChI is InChI=1S/C12H22O3S/c1-3-16-9-8-12(13)15-11-7-5-4-6-10(11)14-2/h10-11H,3-9H2,1-2H3. The van der Waals surface area contributed by atoms with Gasteiger partial charge in [-0.15, -0.1) is 0 Å². The molecule has 0 aromatic heterocycles. The van der Waals surface area contributed by atoms with Crippen LogP contribution in [0.1, 0.15) is 39.0 Å². The van der Waals surface area contributed by atoms with E-state index in [2.05, 4.69) is 6.92 Å². The van der Waals surface area contributed by atoms with Crippen LogP contribution >= 0.6 is 11.8 Å². The Morgan fingerprint density at radius 2 is 2.00 bits per heavy atom. The average molecular weight is 246 g/mol. The molecule has 0 N–H and O–H groups in total. The zero-order valence-electron chi connectivity index (χ0n) is 10.2. The van der Waals surface area contributed by atoms with Crippen LogP contribution in [0.5, 0.6) is 0 Å². The van der Waals surface area contributed by atoms with Crippen LogP contribution in [0.4, 0.5) is 0 Å². The number of carbonyl (C=O) groups excluding carboxylic acids is 1. The molecule has 0 saturated heterocycles. The number of esters is 1.